The van der Waals surface area contributed by atoms with Crippen molar-refractivity contribution in [3.63, 3.8) is 0 Å². The lowest BCUT2D eigenvalue weighted by molar-refractivity contribution is -0.130. The Bertz CT molecular complexity index is 360. The highest BCUT2D eigenvalue weighted by Crippen LogP contribution is 2.20. The van der Waals surface area contributed by atoms with E-state index in [2.05, 4.69) is 0 Å². The van der Waals surface area contributed by atoms with Gasteiger partial charge in [-0.2, -0.15) is 0 Å². The van der Waals surface area contributed by atoms with Gasteiger partial charge in [-0.05, 0) is 23.3 Å². The van der Waals surface area contributed by atoms with Crippen LogP contribution in [0.15, 0.2) is 18.2 Å². The molecule has 2 N–H and O–H groups in total. The van der Waals surface area contributed by atoms with Crippen LogP contribution in [-0.2, 0) is 17.8 Å². The van der Waals surface area contributed by atoms with Crippen molar-refractivity contribution in [2.24, 2.45) is 0 Å². The average Bonchev–Trinajstić information content (AvgIpc) is 2.08. The summed E-state index contributed by atoms with van der Waals surface area (Å²) in [6, 6.07) is 5.73. The van der Waals surface area contributed by atoms with Gasteiger partial charge in [0.2, 0.25) is 5.91 Å². The summed E-state index contributed by atoms with van der Waals surface area (Å²) in [4.78, 5) is 13.1. The summed E-state index contributed by atoms with van der Waals surface area (Å²) in [7, 11) is 1.81. The van der Waals surface area contributed by atoms with Gasteiger partial charge < -0.3 is 10.6 Å². The van der Waals surface area contributed by atoms with Crippen molar-refractivity contribution in [1.29, 1.82) is 0 Å². The van der Waals surface area contributed by atoms with Crippen LogP contribution in [0.3, 0.4) is 0 Å². The van der Waals surface area contributed by atoms with Crippen LogP contribution in [0.5, 0.6) is 0 Å². The number of nitrogens with zero attached hydrogens (tertiary/aromatic N) is 1. The standard InChI is InChI=1S/C10H12N2O/c1-12-6-8-4-9(11)3-2-7(8)5-10(12)13/h2-4H,5-6,11H2,1H3. The Hall–Kier alpha value is -1.51. The minimum Gasteiger partial charge on any atom is -0.399 e. The molecule has 0 radical (unpaired) electrons. The number of amides is 1. The number of hydrogen-bond donors (Lipinski definition) is 1. The molecule has 1 aliphatic heterocycles. The SMILES string of the molecule is CN1Cc2cc(N)ccc2CC1=O. The van der Waals surface area contributed by atoms with Crippen molar-refractivity contribution in [2.75, 3.05) is 12.8 Å². The lowest BCUT2D eigenvalue weighted by atomic mass is 9.99. The molecular weight excluding hydrogens is 164 g/mol. The summed E-state index contributed by atoms with van der Waals surface area (Å²) in [5.41, 5.74) is 8.70. The van der Waals surface area contributed by atoms with Gasteiger partial charge in [-0.25, -0.2) is 0 Å². The lowest BCUT2D eigenvalue weighted by Crippen LogP contribution is -2.32. The predicted octanol–water partition coefficient (Wildman–Crippen LogP) is 0.783. The van der Waals surface area contributed by atoms with E-state index in [0.717, 1.165) is 11.3 Å². The first-order chi connectivity index (χ1) is 6.16. The van der Waals surface area contributed by atoms with Crippen molar-refractivity contribution in [3.05, 3.63) is 29.3 Å². The minimum absolute atomic E-state index is 0.178. The number of anilines is 1. The quantitative estimate of drug-likeness (QED) is 0.594. The first kappa shape index (κ1) is 8.10. The zero-order valence-corrected chi connectivity index (χ0v) is 7.58. The van der Waals surface area contributed by atoms with Crippen molar-refractivity contribution in [3.8, 4) is 0 Å². The molecule has 68 valence electrons. The Balaban J connectivity index is 2.42. The Morgan fingerprint density at radius 1 is 1.38 bits per heavy atom. The maximum absolute atomic E-state index is 11.3. The third-order valence-corrected chi connectivity index (χ3v) is 2.41. The van der Waals surface area contributed by atoms with E-state index in [1.54, 1.807) is 4.90 Å². The first-order valence-electron chi connectivity index (χ1n) is 4.28. The van der Waals surface area contributed by atoms with Crippen LogP contribution in [0.1, 0.15) is 11.1 Å². The van der Waals surface area contributed by atoms with Crippen LogP contribution in [0.25, 0.3) is 0 Å². The second-order valence-electron chi connectivity index (χ2n) is 3.45. The van der Waals surface area contributed by atoms with E-state index in [9.17, 15) is 4.79 Å². The van der Waals surface area contributed by atoms with Crippen molar-refractivity contribution < 1.29 is 4.79 Å². The molecule has 1 aromatic carbocycles. The molecule has 0 saturated heterocycles. The lowest BCUT2D eigenvalue weighted by Gasteiger charge is -2.25. The molecule has 3 heteroatoms. The number of carbonyl (C=O) groups excluding carboxylic acids is 1. The molecule has 0 atom stereocenters. The molecule has 3 nitrogen and oxygen atoms in total. The van der Waals surface area contributed by atoms with Crippen LogP contribution in [0.2, 0.25) is 0 Å². The number of hydrogen-bond acceptors (Lipinski definition) is 2. The molecule has 0 aliphatic carbocycles. The molecule has 0 unspecified atom stereocenters. The number of likely N-dealkylation sites (N-methyl/N-ethyl adjacent to an activating group) is 1. The number of nitrogens with two attached hydrogens (primary N) is 1. The highest BCUT2D eigenvalue weighted by molar-refractivity contribution is 5.80. The summed E-state index contributed by atoms with van der Waals surface area (Å²) in [6.45, 7) is 0.680. The summed E-state index contributed by atoms with van der Waals surface area (Å²) in [5, 5.41) is 0. The van der Waals surface area contributed by atoms with Gasteiger partial charge in [0, 0.05) is 19.3 Å². The highest BCUT2D eigenvalue weighted by Gasteiger charge is 2.19. The number of nitrogen functional groups attached to an aromatic ring is 1. The summed E-state index contributed by atoms with van der Waals surface area (Å²) >= 11 is 0. The molecule has 13 heavy (non-hydrogen) atoms. The van der Waals surface area contributed by atoms with Gasteiger partial charge in [-0.15, -0.1) is 0 Å². The van der Waals surface area contributed by atoms with E-state index in [4.69, 9.17) is 5.73 Å². The van der Waals surface area contributed by atoms with Crippen molar-refractivity contribution in [2.45, 2.75) is 13.0 Å². The summed E-state index contributed by atoms with van der Waals surface area (Å²) in [5.74, 6) is 0.178. The van der Waals surface area contributed by atoms with Gasteiger partial charge in [0.25, 0.3) is 0 Å². The third-order valence-electron chi connectivity index (χ3n) is 2.41. The van der Waals surface area contributed by atoms with Crippen LogP contribution < -0.4 is 5.73 Å². The largest absolute Gasteiger partial charge is 0.399 e. The fraction of sp³-hybridized carbons (Fsp3) is 0.300. The fourth-order valence-corrected chi connectivity index (χ4v) is 1.61. The van der Waals surface area contributed by atoms with Gasteiger partial charge >= 0.3 is 0 Å². The Morgan fingerprint density at radius 2 is 2.15 bits per heavy atom. The Morgan fingerprint density at radius 3 is 2.92 bits per heavy atom. The number of carbonyl (C=O) groups is 1. The predicted molar refractivity (Wildman–Crippen MR) is 51.0 cm³/mol. The summed E-state index contributed by atoms with van der Waals surface area (Å²) in [6.07, 6.45) is 0.506. The molecule has 1 heterocycles. The van der Waals surface area contributed by atoms with E-state index >= 15 is 0 Å². The molecule has 0 spiro atoms. The van der Waals surface area contributed by atoms with Crippen LogP contribution in [-0.4, -0.2) is 17.9 Å². The Labute approximate surface area is 77.1 Å². The van der Waals surface area contributed by atoms with Crippen LogP contribution >= 0.6 is 0 Å². The monoisotopic (exact) mass is 176 g/mol. The molecule has 0 aromatic heterocycles. The molecule has 0 saturated carbocycles. The van der Waals surface area contributed by atoms with Crippen molar-refractivity contribution in [1.82, 2.24) is 4.90 Å². The number of rotatable bonds is 0. The third kappa shape index (κ3) is 1.37. The fourth-order valence-electron chi connectivity index (χ4n) is 1.61. The van der Waals surface area contributed by atoms with E-state index < -0.39 is 0 Å². The average molecular weight is 176 g/mol. The summed E-state index contributed by atoms with van der Waals surface area (Å²) < 4.78 is 0. The van der Waals surface area contributed by atoms with E-state index in [1.165, 1.54) is 5.56 Å². The van der Waals surface area contributed by atoms with Crippen LogP contribution in [0, 0.1) is 0 Å². The zero-order valence-electron chi connectivity index (χ0n) is 7.58. The molecule has 0 bridgehead atoms. The smallest absolute Gasteiger partial charge is 0.227 e. The van der Waals surface area contributed by atoms with Crippen LogP contribution in [0.4, 0.5) is 5.69 Å². The Kier molecular flexibility index (Phi) is 1.72. The van der Waals surface area contributed by atoms with E-state index in [1.807, 2.05) is 25.2 Å². The van der Waals surface area contributed by atoms with Gasteiger partial charge in [0.1, 0.15) is 0 Å². The molecule has 1 aromatic rings. The second-order valence-corrected chi connectivity index (χ2v) is 3.45. The minimum atomic E-state index is 0.178. The molecule has 2 rings (SSSR count). The highest BCUT2D eigenvalue weighted by atomic mass is 16.2. The molecule has 0 fully saturated rings. The topological polar surface area (TPSA) is 46.3 Å². The number of fused-ring (bicyclic) bond motifs is 1. The second kappa shape index (κ2) is 2.76. The molecule has 1 aliphatic rings. The first-order valence-corrected chi connectivity index (χ1v) is 4.28. The van der Waals surface area contributed by atoms with Gasteiger partial charge in [-0.1, -0.05) is 6.07 Å². The molecule has 1 amide bonds. The maximum atomic E-state index is 11.3. The number of benzene rings is 1. The van der Waals surface area contributed by atoms with Crippen molar-refractivity contribution >= 4 is 11.6 Å². The van der Waals surface area contributed by atoms with Gasteiger partial charge in [0.15, 0.2) is 0 Å². The van der Waals surface area contributed by atoms with Gasteiger partial charge in [-0.3, -0.25) is 4.79 Å². The zero-order chi connectivity index (χ0) is 9.42. The van der Waals surface area contributed by atoms with E-state index in [-0.39, 0.29) is 5.91 Å². The maximum Gasteiger partial charge on any atom is 0.227 e. The van der Waals surface area contributed by atoms with Gasteiger partial charge in [0.05, 0.1) is 6.42 Å². The molecular formula is C10H12N2O. The normalized spacial score (nSPS) is 15.8. The van der Waals surface area contributed by atoms with E-state index in [0.29, 0.717) is 13.0 Å².